The van der Waals surface area contributed by atoms with Crippen LogP contribution in [0.1, 0.15) is 59.7 Å². The van der Waals surface area contributed by atoms with Crippen molar-refractivity contribution in [1.82, 2.24) is 14.8 Å². The number of nitrogens with zero attached hydrogens (tertiary/aromatic N) is 4. The molecule has 2 heterocycles. The lowest BCUT2D eigenvalue weighted by molar-refractivity contribution is -0.112. The van der Waals surface area contributed by atoms with E-state index in [-0.39, 0.29) is 5.57 Å². The van der Waals surface area contributed by atoms with Crippen LogP contribution in [0, 0.1) is 25.2 Å². The van der Waals surface area contributed by atoms with Crippen LogP contribution in [0.25, 0.3) is 17.0 Å². The number of fused-ring (bicyclic) bond motifs is 1. The number of hydrogen-bond donors (Lipinski definition) is 1. The maximum atomic E-state index is 13.0. The van der Waals surface area contributed by atoms with Gasteiger partial charge in [0.1, 0.15) is 29.0 Å². The lowest BCUT2D eigenvalue weighted by Gasteiger charge is -2.18. The van der Waals surface area contributed by atoms with E-state index in [9.17, 15) is 10.1 Å². The summed E-state index contributed by atoms with van der Waals surface area (Å²) in [5.41, 5.74) is 4.10. The number of hydrogen-bond acceptors (Lipinski definition) is 6. The first-order chi connectivity index (χ1) is 18.5. The molecule has 2 aromatic carbocycles. The number of benzene rings is 2. The maximum Gasteiger partial charge on any atom is 0.268 e. The van der Waals surface area contributed by atoms with E-state index in [4.69, 9.17) is 4.74 Å². The fraction of sp³-hybridized carbons (Fsp3) is 0.333. The Bertz CT molecular complexity index is 1520. The standard InChI is InChI=1S/C30H31N5O2S/c1-20-12-13-21(2)27(16-20)37-15-14-35-19-24(25-10-6-7-11-26(25)35)17-23(18-31)28(36)32-30-34-33-29(38-30)22-8-4-3-5-9-22/h6-7,10-13,16-17,19,22H,3-5,8-9,14-15H2,1-2H3,(H,32,34,36)/b23-17-. The molecule has 0 bridgehead atoms. The summed E-state index contributed by atoms with van der Waals surface area (Å²) in [7, 11) is 0. The second-order valence-electron chi connectivity index (χ2n) is 9.82. The molecule has 194 valence electrons. The Kier molecular flexibility index (Phi) is 7.85. The van der Waals surface area contributed by atoms with Crippen LogP contribution in [0.2, 0.25) is 0 Å². The zero-order valence-electron chi connectivity index (χ0n) is 21.7. The zero-order chi connectivity index (χ0) is 26.5. The van der Waals surface area contributed by atoms with Crippen LogP contribution < -0.4 is 10.1 Å². The average Bonchev–Trinajstić information content (AvgIpc) is 3.54. The Morgan fingerprint density at radius 1 is 1.18 bits per heavy atom. The third-order valence-corrected chi connectivity index (χ3v) is 8.03. The quantitative estimate of drug-likeness (QED) is 0.202. The second kappa shape index (κ2) is 11.6. The van der Waals surface area contributed by atoms with Crippen molar-refractivity contribution in [3.63, 3.8) is 0 Å². The summed E-state index contributed by atoms with van der Waals surface area (Å²) in [6, 6.07) is 16.2. The number of aryl methyl sites for hydroxylation is 2. The summed E-state index contributed by atoms with van der Waals surface area (Å²) in [4.78, 5) is 13.0. The van der Waals surface area contributed by atoms with Crippen LogP contribution in [0.5, 0.6) is 5.75 Å². The molecule has 0 radical (unpaired) electrons. The molecule has 8 heteroatoms. The number of ether oxygens (including phenoxy) is 1. The van der Waals surface area contributed by atoms with Crippen LogP contribution >= 0.6 is 11.3 Å². The first-order valence-corrected chi connectivity index (χ1v) is 13.9. The van der Waals surface area contributed by atoms with Gasteiger partial charge in [0.2, 0.25) is 5.13 Å². The van der Waals surface area contributed by atoms with Crippen molar-refractivity contribution < 1.29 is 9.53 Å². The van der Waals surface area contributed by atoms with Crippen molar-refractivity contribution in [2.45, 2.75) is 58.4 Å². The highest BCUT2D eigenvalue weighted by atomic mass is 32.1. The maximum absolute atomic E-state index is 13.0. The van der Waals surface area contributed by atoms with Crippen molar-refractivity contribution in [1.29, 1.82) is 5.26 Å². The highest BCUT2D eigenvalue weighted by molar-refractivity contribution is 7.15. The normalized spacial score (nSPS) is 14.4. The molecule has 2 aromatic heterocycles. The number of nitriles is 1. The zero-order valence-corrected chi connectivity index (χ0v) is 22.6. The van der Waals surface area contributed by atoms with Gasteiger partial charge in [-0.05, 0) is 56.0 Å². The molecule has 1 saturated carbocycles. The molecular weight excluding hydrogens is 494 g/mol. The van der Waals surface area contributed by atoms with E-state index in [1.807, 2.05) is 50.4 Å². The molecule has 0 atom stereocenters. The van der Waals surface area contributed by atoms with Crippen LogP contribution in [-0.2, 0) is 11.3 Å². The SMILES string of the molecule is Cc1ccc(C)c(OCCn2cc(/C=C(/C#N)C(=O)Nc3nnc(C4CCCCC4)s3)c3ccccc32)c1. The molecule has 1 aliphatic rings. The van der Waals surface area contributed by atoms with Crippen LogP contribution in [0.3, 0.4) is 0 Å². The lowest BCUT2D eigenvalue weighted by Crippen LogP contribution is -2.13. The Balaban J connectivity index is 1.31. The van der Waals surface area contributed by atoms with Gasteiger partial charge < -0.3 is 9.30 Å². The van der Waals surface area contributed by atoms with Gasteiger partial charge in [0.25, 0.3) is 5.91 Å². The molecule has 4 aromatic rings. The number of anilines is 1. The van der Waals surface area contributed by atoms with Gasteiger partial charge in [-0.15, -0.1) is 10.2 Å². The largest absolute Gasteiger partial charge is 0.491 e. The van der Waals surface area contributed by atoms with Gasteiger partial charge in [-0.1, -0.05) is 60.9 Å². The van der Waals surface area contributed by atoms with Gasteiger partial charge in [-0.25, -0.2) is 0 Å². The number of aromatic nitrogens is 3. The molecule has 7 nitrogen and oxygen atoms in total. The van der Waals surface area contributed by atoms with Gasteiger partial charge in [0.15, 0.2) is 0 Å². The van der Waals surface area contributed by atoms with Crippen molar-refractivity contribution in [2.24, 2.45) is 0 Å². The predicted molar refractivity (Wildman–Crippen MR) is 151 cm³/mol. The third kappa shape index (κ3) is 5.79. The minimum Gasteiger partial charge on any atom is -0.491 e. The number of carbonyl (C=O) groups is 1. The molecule has 38 heavy (non-hydrogen) atoms. The molecular formula is C30H31N5O2S. The molecule has 1 amide bonds. The monoisotopic (exact) mass is 525 g/mol. The van der Waals surface area contributed by atoms with E-state index in [2.05, 4.69) is 38.3 Å². The Morgan fingerprint density at radius 3 is 2.82 bits per heavy atom. The van der Waals surface area contributed by atoms with E-state index in [0.717, 1.165) is 51.2 Å². The van der Waals surface area contributed by atoms with Crippen LogP contribution in [0.4, 0.5) is 5.13 Å². The van der Waals surface area contributed by atoms with E-state index in [0.29, 0.717) is 24.2 Å². The minimum atomic E-state index is -0.478. The van der Waals surface area contributed by atoms with Crippen molar-refractivity contribution in [3.8, 4) is 11.8 Å². The Hall–Kier alpha value is -3.96. The van der Waals surface area contributed by atoms with E-state index < -0.39 is 5.91 Å². The van der Waals surface area contributed by atoms with E-state index in [1.165, 1.54) is 30.6 Å². The topological polar surface area (TPSA) is 92.8 Å². The number of nitrogens with one attached hydrogen (secondary N) is 1. The number of amides is 1. The number of rotatable bonds is 8. The number of carbonyl (C=O) groups excluding carboxylic acids is 1. The smallest absolute Gasteiger partial charge is 0.268 e. The predicted octanol–water partition coefficient (Wildman–Crippen LogP) is 6.78. The fourth-order valence-corrected chi connectivity index (χ4v) is 5.87. The Morgan fingerprint density at radius 2 is 2.00 bits per heavy atom. The lowest BCUT2D eigenvalue weighted by atomic mass is 9.90. The first-order valence-electron chi connectivity index (χ1n) is 13.1. The highest BCUT2D eigenvalue weighted by Crippen LogP contribution is 2.35. The van der Waals surface area contributed by atoms with Gasteiger partial charge >= 0.3 is 0 Å². The molecule has 1 aliphatic carbocycles. The van der Waals surface area contributed by atoms with Crippen LogP contribution in [-0.4, -0.2) is 27.3 Å². The van der Waals surface area contributed by atoms with Gasteiger partial charge in [0, 0.05) is 28.6 Å². The first kappa shape index (κ1) is 25.7. The van der Waals surface area contributed by atoms with Crippen molar-refractivity contribution in [3.05, 3.63) is 75.9 Å². The molecule has 5 rings (SSSR count). The van der Waals surface area contributed by atoms with Gasteiger partial charge in [0.05, 0.1) is 6.54 Å². The molecule has 0 saturated heterocycles. The molecule has 0 aliphatic heterocycles. The van der Waals surface area contributed by atoms with Gasteiger partial charge in [-0.2, -0.15) is 5.26 Å². The summed E-state index contributed by atoms with van der Waals surface area (Å²) in [5, 5.41) is 23.4. The van der Waals surface area contributed by atoms with Crippen LogP contribution in [0.15, 0.2) is 54.2 Å². The van der Waals surface area contributed by atoms with E-state index >= 15 is 0 Å². The van der Waals surface area contributed by atoms with E-state index in [1.54, 1.807) is 6.08 Å². The second-order valence-corrected chi connectivity index (χ2v) is 10.8. The minimum absolute atomic E-state index is 0.0222. The highest BCUT2D eigenvalue weighted by Gasteiger charge is 2.21. The third-order valence-electron chi connectivity index (χ3n) is 7.03. The molecule has 1 fully saturated rings. The molecule has 0 spiro atoms. The number of para-hydroxylation sites is 1. The van der Waals surface area contributed by atoms with Gasteiger partial charge in [-0.3, -0.25) is 10.1 Å². The summed E-state index contributed by atoms with van der Waals surface area (Å²) < 4.78 is 8.17. The summed E-state index contributed by atoms with van der Waals surface area (Å²) in [6.45, 7) is 5.21. The average molecular weight is 526 g/mol. The van der Waals surface area contributed by atoms with Crippen molar-refractivity contribution in [2.75, 3.05) is 11.9 Å². The fourth-order valence-electron chi connectivity index (χ4n) is 4.96. The summed E-state index contributed by atoms with van der Waals surface area (Å²) >= 11 is 1.41. The Labute approximate surface area is 226 Å². The molecule has 0 unspecified atom stereocenters. The van der Waals surface area contributed by atoms with Crippen molar-refractivity contribution >= 4 is 39.4 Å². The summed E-state index contributed by atoms with van der Waals surface area (Å²) in [5.74, 6) is 0.824. The summed E-state index contributed by atoms with van der Waals surface area (Å²) in [6.07, 6.45) is 9.52. The molecule has 1 N–H and O–H groups in total.